The predicted octanol–water partition coefficient (Wildman–Crippen LogP) is 3.72. The third-order valence-electron chi connectivity index (χ3n) is 2.93. The van der Waals surface area contributed by atoms with Gasteiger partial charge in [0.25, 0.3) is 0 Å². The van der Waals surface area contributed by atoms with Gasteiger partial charge in [-0.25, -0.2) is 0 Å². The number of nitrogens with zero attached hydrogens (tertiary/aromatic N) is 2. The molecule has 0 bridgehead atoms. The number of aromatic nitrogens is 2. The van der Waals surface area contributed by atoms with E-state index in [0.717, 1.165) is 15.5 Å². The Kier molecular flexibility index (Phi) is 3.62. The van der Waals surface area contributed by atoms with Crippen molar-refractivity contribution in [2.24, 2.45) is 0 Å². The maximum atomic E-state index is 12.3. The number of ketones is 1. The molecule has 0 unspecified atom stereocenters. The second-order valence-electron chi connectivity index (χ2n) is 4.20. The smallest absolute Gasteiger partial charge is 0.193 e. The number of benzene rings is 2. The molecule has 0 spiro atoms. The Hall–Kier alpha value is -1.98. The minimum atomic E-state index is 0.0136. The van der Waals surface area contributed by atoms with E-state index in [1.54, 1.807) is 12.1 Å². The van der Waals surface area contributed by atoms with Gasteiger partial charge in [-0.2, -0.15) is 0 Å². The second kappa shape index (κ2) is 5.56. The van der Waals surface area contributed by atoms with E-state index < -0.39 is 0 Å². The standard InChI is InChI=1S/C15H10N2OS2/c18-14(11-4-2-1-3-5-11)12-8-6-10(7-9-12)13-15(19)20-17-16-13/h1-9,19H. The molecule has 1 aromatic heterocycles. The molecule has 0 N–H and O–H groups in total. The van der Waals surface area contributed by atoms with Gasteiger partial charge in [0.2, 0.25) is 0 Å². The molecule has 0 saturated heterocycles. The second-order valence-corrected chi connectivity index (χ2v) is 5.70. The molecule has 20 heavy (non-hydrogen) atoms. The Morgan fingerprint density at radius 1 is 0.950 bits per heavy atom. The van der Waals surface area contributed by atoms with Gasteiger partial charge in [0.05, 0.1) is 0 Å². The minimum absolute atomic E-state index is 0.0136. The summed E-state index contributed by atoms with van der Waals surface area (Å²) in [6, 6.07) is 16.6. The van der Waals surface area contributed by atoms with Crippen LogP contribution in [0.2, 0.25) is 0 Å². The van der Waals surface area contributed by atoms with Crippen LogP contribution in [0.5, 0.6) is 0 Å². The van der Waals surface area contributed by atoms with E-state index >= 15 is 0 Å². The molecule has 2 aromatic carbocycles. The van der Waals surface area contributed by atoms with Crippen LogP contribution < -0.4 is 0 Å². The van der Waals surface area contributed by atoms with Crippen molar-refractivity contribution in [1.29, 1.82) is 0 Å². The van der Waals surface area contributed by atoms with Crippen molar-refractivity contribution in [1.82, 2.24) is 9.59 Å². The number of hydrogen-bond donors (Lipinski definition) is 1. The zero-order valence-corrected chi connectivity index (χ0v) is 12.1. The molecule has 3 rings (SSSR count). The number of carbonyl (C=O) groups excluding carboxylic acids is 1. The predicted molar refractivity (Wildman–Crippen MR) is 82.5 cm³/mol. The van der Waals surface area contributed by atoms with Gasteiger partial charge >= 0.3 is 0 Å². The molecule has 1 heterocycles. The third kappa shape index (κ3) is 2.50. The van der Waals surface area contributed by atoms with Crippen molar-refractivity contribution < 1.29 is 4.79 Å². The molecule has 5 heteroatoms. The van der Waals surface area contributed by atoms with Crippen molar-refractivity contribution >= 4 is 29.9 Å². The highest BCUT2D eigenvalue weighted by Gasteiger charge is 2.11. The lowest BCUT2D eigenvalue weighted by atomic mass is 10.0. The molecular weight excluding hydrogens is 288 g/mol. The van der Waals surface area contributed by atoms with Crippen LogP contribution in [0.4, 0.5) is 0 Å². The van der Waals surface area contributed by atoms with E-state index in [4.69, 9.17) is 0 Å². The van der Waals surface area contributed by atoms with E-state index in [2.05, 4.69) is 22.2 Å². The van der Waals surface area contributed by atoms with Gasteiger partial charge in [0, 0.05) is 16.7 Å². The molecule has 0 aliphatic carbocycles. The molecule has 0 aliphatic heterocycles. The summed E-state index contributed by atoms with van der Waals surface area (Å²) in [5.74, 6) is 0.0136. The Balaban J connectivity index is 1.91. The fraction of sp³-hybridized carbons (Fsp3) is 0. The quantitative estimate of drug-likeness (QED) is 0.592. The average molecular weight is 298 g/mol. The van der Waals surface area contributed by atoms with Gasteiger partial charge in [-0.05, 0) is 11.5 Å². The summed E-state index contributed by atoms with van der Waals surface area (Å²) in [5.41, 5.74) is 3.00. The Morgan fingerprint density at radius 2 is 1.60 bits per heavy atom. The van der Waals surface area contributed by atoms with E-state index in [9.17, 15) is 4.79 Å². The summed E-state index contributed by atoms with van der Waals surface area (Å²) in [4.78, 5) is 12.3. The normalized spacial score (nSPS) is 10.4. The van der Waals surface area contributed by atoms with Gasteiger partial charge in [0.15, 0.2) is 5.78 Å². The van der Waals surface area contributed by atoms with Gasteiger partial charge < -0.3 is 0 Å². The van der Waals surface area contributed by atoms with Crippen LogP contribution in [-0.4, -0.2) is 15.4 Å². The molecule has 0 amide bonds. The van der Waals surface area contributed by atoms with Crippen LogP contribution in [0.3, 0.4) is 0 Å². The third-order valence-corrected chi connectivity index (χ3v) is 3.91. The van der Waals surface area contributed by atoms with Gasteiger partial charge in [-0.15, -0.1) is 17.7 Å². The molecule has 0 atom stereocenters. The molecule has 3 aromatic rings. The van der Waals surface area contributed by atoms with E-state index in [1.807, 2.05) is 42.5 Å². The van der Waals surface area contributed by atoms with Crippen LogP contribution in [-0.2, 0) is 0 Å². The lowest BCUT2D eigenvalue weighted by Gasteiger charge is -2.02. The molecule has 98 valence electrons. The molecular formula is C15H10N2OS2. The maximum Gasteiger partial charge on any atom is 0.193 e. The van der Waals surface area contributed by atoms with Crippen LogP contribution in [0, 0.1) is 0 Å². The first kappa shape index (κ1) is 13.0. The molecule has 0 radical (unpaired) electrons. The van der Waals surface area contributed by atoms with E-state index in [0.29, 0.717) is 11.1 Å². The van der Waals surface area contributed by atoms with Crippen LogP contribution in [0.25, 0.3) is 11.3 Å². The summed E-state index contributed by atoms with van der Waals surface area (Å²) in [5, 5.41) is 4.03. The lowest BCUT2D eigenvalue weighted by molar-refractivity contribution is 0.103. The van der Waals surface area contributed by atoms with E-state index in [-0.39, 0.29) is 5.78 Å². The van der Waals surface area contributed by atoms with Gasteiger partial charge in [0.1, 0.15) is 9.90 Å². The highest BCUT2D eigenvalue weighted by Crippen LogP contribution is 2.27. The van der Waals surface area contributed by atoms with Gasteiger partial charge in [-0.1, -0.05) is 59.1 Å². The number of hydrogen-bond acceptors (Lipinski definition) is 5. The van der Waals surface area contributed by atoms with Crippen molar-refractivity contribution in [3.05, 3.63) is 65.7 Å². The van der Waals surface area contributed by atoms with Crippen LogP contribution >= 0.6 is 24.2 Å². The van der Waals surface area contributed by atoms with Gasteiger partial charge in [-0.3, -0.25) is 4.79 Å². The molecule has 3 nitrogen and oxygen atoms in total. The average Bonchev–Trinajstić information content (AvgIpc) is 2.94. The first-order chi connectivity index (χ1) is 9.75. The Morgan fingerprint density at radius 3 is 2.20 bits per heavy atom. The SMILES string of the molecule is O=C(c1ccccc1)c1ccc(-c2nnsc2S)cc1. The zero-order chi connectivity index (χ0) is 13.9. The molecule has 0 fully saturated rings. The summed E-state index contributed by atoms with van der Waals surface area (Å²) < 4.78 is 4.62. The molecule has 0 aliphatic rings. The largest absolute Gasteiger partial charge is 0.289 e. The van der Waals surface area contributed by atoms with Crippen molar-refractivity contribution in [2.45, 2.75) is 4.21 Å². The monoisotopic (exact) mass is 298 g/mol. The zero-order valence-electron chi connectivity index (χ0n) is 10.4. The number of carbonyl (C=O) groups is 1. The first-order valence-electron chi connectivity index (χ1n) is 5.97. The fourth-order valence-corrected chi connectivity index (χ4v) is 2.63. The summed E-state index contributed by atoms with van der Waals surface area (Å²) in [7, 11) is 0. The number of thiol groups is 1. The minimum Gasteiger partial charge on any atom is -0.289 e. The van der Waals surface area contributed by atoms with Crippen LogP contribution in [0.15, 0.2) is 58.8 Å². The van der Waals surface area contributed by atoms with E-state index in [1.165, 1.54) is 11.5 Å². The number of rotatable bonds is 3. The topological polar surface area (TPSA) is 42.9 Å². The van der Waals surface area contributed by atoms with Crippen molar-refractivity contribution in [2.75, 3.05) is 0 Å². The Bertz CT molecular complexity index is 736. The highest BCUT2D eigenvalue weighted by atomic mass is 32.2. The lowest BCUT2D eigenvalue weighted by Crippen LogP contribution is -2.00. The fourth-order valence-electron chi connectivity index (χ4n) is 1.90. The molecule has 0 saturated carbocycles. The van der Waals surface area contributed by atoms with Crippen molar-refractivity contribution in [3.8, 4) is 11.3 Å². The van der Waals surface area contributed by atoms with Crippen molar-refractivity contribution in [3.63, 3.8) is 0 Å². The first-order valence-corrected chi connectivity index (χ1v) is 7.19. The van der Waals surface area contributed by atoms with Crippen LogP contribution in [0.1, 0.15) is 15.9 Å². The highest BCUT2D eigenvalue weighted by molar-refractivity contribution is 7.82. The Labute approximate surface area is 125 Å². The summed E-state index contributed by atoms with van der Waals surface area (Å²) in [6.07, 6.45) is 0. The summed E-state index contributed by atoms with van der Waals surface area (Å²) >= 11 is 5.55. The summed E-state index contributed by atoms with van der Waals surface area (Å²) in [6.45, 7) is 0. The maximum absolute atomic E-state index is 12.3.